The Morgan fingerprint density at radius 1 is 1.75 bits per heavy atom. The van der Waals surface area contributed by atoms with Crippen molar-refractivity contribution in [2.45, 2.75) is 25.6 Å². The third-order valence-electron chi connectivity index (χ3n) is 1.40. The molecule has 1 aromatic heterocycles. The monoisotopic (exact) mass is 201 g/mol. The lowest BCUT2D eigenvalue weighted by atomic mass is 10.3. The van der Waals surface area contributed by atoms with Gasteiger partial charge in [-0.05, 0) is 19.4 Å². The van der Waals surface area contributed by atoms with Crippen molar-refractivity contribution >= 4 is 29.0 Å². The summed E-state index contributed by atoms with van der Waals surface area (Å²) >= 11 is 7.45. The topological polar surface area (TPSA) is 12.9 Å². The summed E-state index contributed by atoms with van der Waals surface area (Å²) in [4.78, 5) is 4.37. The number of rotatable bonds is 3. The van der Waals surface area contributed by atoms with Crippen molar-refractivity contribution < 1.29 is 0 Å². The molecule has 0 bridgehead atoms. The summed E-state index contributed by atoms with van der Waals surface area (Å²) < 4.78 is 0. The van der Waals surface area contributed by atoms with Gasteiger partial charge in [0.05, 0.1) is 10.7 Å². The zero-order valence-corrected chi connectivity index (χ0v) is 8.82. The summed E-state index contributed by atoms with van der Waals surface area (Å²) in [5.74, 6) is 0. The van der Waals surface area contributed by atoms with E-state index in [1.54, 1.807) is 11.3 Å². The average molecular weight is 202 g/mol. The highest BCUT2D eigenvalue weighted by Gasteiger charge is 1.95. The highest BCUT2D eigenvalue weighted by Crippen LogP contribution is 2.12. The third-order valence-corrected chi connectivity index (χ3v) is 2.56. The smallest absolute Gasteiger partial charge is 0.0929 e. The molecule has 0 aromatic carbocycles. The van der Waals surface area contributed by atoms with Crippen LogP contribution in [0.4, 0.5) is 0 Å². The zero-order chi connectivity index (χ0) is 8.97. The Morgan fingerprint density at radius 3 is 3.00 bits per heavy atom. The number of alkyl halides is 1. The Hall–Kier alpha value is -0.340. The van der Waals surface area contributed by atoms with Gasteiger partial charge < -0.3 is 0 Å². The second-order valence-corrected chi connectivity index (χ2v) is 4.19. The highest BCUT2D eigenvalue weighted by atomic mass is 35.5. The summed E-state index contributed by atoms with van der Waals surface area (Å²) in [5.41, 5.74) is 1.02. The minimum Gasteiger partial charge on any atom is -0.242 e. The van der Waals surface area contributed by atoms with E-state index in [9.17, 15) is 0 Å². The van der Waals surface area contributed by atoms with Gasteiger partial charge >= 0.3 is 0 Å². The predicted molar refractivity (Wildman–Crippen MR) is 55.8 cm³/mol. The molecule has 3 heteroatoms. The molecule has 0 amide bonds. The first-order valence-corrected chi connectivity index (χ1v) is 5.30. The van der Waals surface area contributed by atoms with Gasteiger partial charge in [0, 0.05) is 10.8 Å². The molecule has 12 heavy (non-hydrogen) atoms. The molecular formula is C9H12ClNS. The average Bonchev–Trinajstić information content (AvgIpc) is 2.48. The lowest BCUT2D eigenvalue weighted by molar-refractivity contribution is 1.09. The number of aryl methyl sites for hydroxylation is 1. The molecule has 1 atom stereocenters. The summed E-state index contributed by atoms with van der Waals surface area (Å²) in [6, 6.07) is 0. The second-order valence-electron chi connectivity index (χ2n) is 2.56. The molecule has 0 radical (unpaired) electrons. The fourth-order valence-corrected chi connectivity index (χ4v) is 1.58. The van der Waals surface area contributed by atoms with Gasteiger partial charge in [0.15, 0.2) is 0 Å². The van der Waals surface area contributed by atoms with Crippen LogP contribution < -0.4 is 0 Å². The maximum absolute atomic E-state index is 5.76. The zero-order valence-electron chi connectivity index (χ0n) is 7.25. The number of thiazole rings is 1. The number of hydrogen-bond acceptors (Lipinski definition) is 2. The molecule has 0 aliphatic rings. The number of aromatic nitrogens is 1. The molecule has 1 unspecified atom stereocenters. The number of halogens is 1. The number of nitrogens with zero attached hydrogens (tertiary/aromatic N) is 1. The molecule has 1 rings (SSSR count). The van der Waals surface area contributed by atoms with Gasteiger partial charge in [0.1, 0.15) is 0 Å². The highest BCUT2D eigenvalue weighted by molar-refractivity contribution is 7.09. The lowest BCUT2D eigenvalue weighted by Gasteiger charge is -1.88. The van der Waals surface area contributed by atoms with Gasteiger partial charge in [-0.3, -0.25) is 0 Å². The van der Waals surface area contributed by atoms with E-state index in [2.05, 4.69) is 17.3 Å². The van der Waals surface area contributed by atoms with E-state index in [-0.39, 0.29) is 5.38 Å². The Bertz CT molecular complexity index is 265. The first-order chi connectivity index (χ1) is 5.72. The Labute approximate surface area is 82.1 Å². The van der Waals surface area contributed by atoms with Crippen molar-refractivity contribution in [3.8, 4) is 0 Å². The van der Waals surface area contributed by atoms with Crippen molar-refractivity contribution in [1.82, 2.24) is 4.98 Å². The van der Waals surface area contributed by atoms with E-state index in [0.717, 1.165) is 12.1 Å². The molecule has 0 spiro atoms. The van der Waals surface area contributed by atoms with Crippen LogP contribution in [0.25, 0.3) is 6.08 Å². The summed E-state index contributed by atoms with van der Waals surface area (Å²) in [7, 11) is 0. The lowest BCUT2D eigenvalue weighted by Crippen LogP contribution is -1.82. The minimum absolute atomic E-state index is 0.0803. The van der Waals surface area contributed by atoms with Gasteiger partial charge in [0.2, 0.25) is 0 Å². The van der Waals surface area contributed by atoms with Crippen LogP contribution in [0.1, 0.15) is 24.5 Å². The van der Waals surface area contributed by atoms with Crippen molar-refractivity contribution in [3.63, 3.8) is 0 Å². The molecule has 0 N–H and O–H groups in total. The predicted octanol–water partition coefficient (Wildman–Crippen LogP) is 3.35. The maximum atomic E-state index is 5.76. The van der Waals surface area contributed by atoms with Crippen LogP contribution in [0.5, 0.6) is 0 Å². The normalized spacial score (nSPS) is 13.9. The van der Waals surface area contributed by atoms with Gasteiger partial charge in [-0.25, -0.2) is 4.98 Å². The van der Waals surface area contributed by atoms with Gasteiger partial charge in [0.25, 0.3) is 0 Å². The standard InChI is InChI=1S/C9H12ClNS/c1-3-9-11-8(6-12-9)5-4-7(2)10/h4-7H,3H2,1-2H3/b5-4+. The Morgan fingerprint density at radius 2 is 2.50 bits per heavy atom. The van der Waals surface area contributed by atoms with Crippen LogP contribution in [0.2, 0.25) is 0 Å². The van der Waals surface area contributed by atoms with Gasteiger partial charge in [-0.1, -0.05) is 13.0 Å². The fourth-order valence-electron chi connectivity index (χ4n) is 0.795. The van der Waals surface area contributed by atoms with Gasteiger partial charge in [-0.15, -0.1) is 22.9 Å². The largest absolute Gasteiger partial charge is 0.242 e. The van der Waals surface area contributed by atoms with Crippen molar-refractivity contribution in [2.24, 2.45) is 0 Å². The Kier molecular flexibility index (Phi) is 3.76. The van der Waals surface area contributed by atoms with E-state index in [0.29, 0.717) is 0 Å². The quantitative estimate of drug-likeness (QED) is 0.684. The molecule has 1 aromatic rings. The third kappa shape index (κ3) is 2.95. The van der Waals surface area contributed by atoms with E-state index in [1.807, 2.05) is 19.1 Å². The summed E-state index contributed by atoms with van der Waals surface area (Å²) in [6.07, 6.45) is 4.91. The molecule has 0 saturated carbocycles. The SMILES string of the molecule is CCc1nc(/C=C/C(C)Cl)cs1. The molecule has 0 aliphatic heterocycles. The molecule has 0 aliphatic carbocycles. The molecular weight excluding hydrogens is 190 g/mol. The van der Waals surface area contributed by atoms with Crippen molar-refractivity contribution in [1.29, 1.82) is 0 Å². The van der Waals surface area contributed by atoms with Gasteiger partial charge in [-0.2, -0.15) is 0 Å². The molecule has 0 fully saturated rings. The number of allylic oxidation sites excluding steroid dienone is 1. The van der Waals surface area contributed by atoms with E-state index < -0.39 is 0 Å². The van der Waals surface area contributed by atoms with Crippen LogP contribution in [0, 0.1) is 0 Å². The fraction of sp³-hybridized carbons (Fsp3) is 0.444. The minimum atomic E-state index is 0.0803. The second kappa shape index (κ2) is 4.63. The van der Waals surface area contributed by atoms with Crippen LogP contribution in [-0.2, 0) is 6.42 Å². The van der Waals surface area contributed by atoms with Crippen LogP contribution in [0.15, 0.2) is 11.5 Å². The molecule has 1 heterocycles. The van der Waals surface area contributed by atoms with E-state index in [4.69, 9.17) is 11.6 Å². The molecule has 1 nitrogen and oxygen atoms in total. The molecule has 66 valence electrons. The first-order valence-electron chi connectivity index (χ1n) is 3.99. The van der Waals surface area contributed by atoms with Crippen LogP contribution >= 0.6 is 22.9 Å². The van der Waals surface area contributed by atoms with E-state index in [1.165, 1.54) is 5.01 Å². The first kappa shape index (κ1) is 9.75. The van der Waals surface area contributed by atoms with Crippen LogP contribution in [0.3, 0.4) is 0 Å². The summed E-state index contributed by atoms with van der Waals surface area (Å²) in [6.45, 7) is 4.04. The van der Waals surface area contributed by atoms with Crippen LogP contribution in [-0.4, -0.2) is 10.4 Å². The van der Waals surface area contributed by atoms with Crippen molar-refractivity contribution in [3.05, 3.63) is 22.2 Å². The maximum Gasteiger partial charge on any atom is 0.0929 e. The number of hydrogen-bond donors (Lipinski definition) is 0. The van der Waals surface area contributed by atoms with E-state index >= 15 is 0 Å². The van der Waals surface area contributed by atoms with Crippen molar-refractivity contribution in [2.75, 3.05) is 0 Å². The summed E-state index contributed by atoms with van der Waals surface area (Å²) in [5, 5.41) is 3.31. The Balaban J connectivity index is 2.63. The molecule has 0 saturated heterocycles.